The third kappa shape index (κ3) is 4.23. The molecule has 0 radical (unpaired) electrons. The van der Waals surface area contributed by atoms with Gasteiger partial charge in [-0.2, -0.15) is 13.2 Å². The zero-order chi connectivity index (χ0) is 14.6. The molecule has 0 aliphatic carbocycles. The summed E-state index contributed by atoms with van der Waals surface area (Å²) in [5.74, 6) is -0.897. The van der Waals surface area contributed by atoms with E-state index in [9.17, 15) is 13.2 Å². The molecule has 0 aliphatic heterocycles. The lowest BCUT2D eigenvalue weighted by Gasteiger charge is -2.17. The lowest BCUT2D eigenvalue weighted by atomic mass is 10.1. The average Bonchev–Trinajstić information content (AvgIpc) is 2.90. The van der Waals surface area contributed by atoms with Gasteiger partial charge in [-0.25, -0.2) is 0 Å². The van der Waals surface area contributed by atoms with Crippen LogP contribution in [0.15, 0.2) is 52.2 Å². The van der Waals surface area contributed by atoms with Crippen LogP contribution in [-0.2, 0) is 0 Å². The van der Waals surface area contributed by atoms with Crippen LogP contribution in [-0.4, -0.2) is 11.9 Å². The fraction of sp³-hybridized carbons (Fsp3) is 0.286. The predicted molar refractivity (Wildman–Crippen MR) is 74.0 cm³/mol. The number of nitrogens with one attached hydrogen (secondary N) is 1. The molecule has 0 aliphatic rings. The summed E-state index contributed by atoms with van der Waals surface area (Å²) < 4.78 is 41.9. The third-order valence-corrected chi connectivity index (χ3v) is 3.83. The fourth-order valence-corrected chi connectivity index (χ4v) is 2.49. The summed E-state index contributed by atoms with van der Waals surface area (Å²) in [6.07, 6.45) is -0.991. The van der Waals surface area contributed by atoms with Crippen LogP contribution in [0.1, 0.15) is 18.5 Å². The molecule has 0 saturated heterocycles. The summed E-state index contributed by atoms with van der Waals surface area (Å²) in [6, 6.07) is 8.76. The van der Waals surface area contributed by atoms with Gasteiger partial charge in [-0.05, 0) is 25.1 Å². The first-order chi connectivity index (χ1) is 9.46. The van der Waals surface area contributed by atoms with Crippen LogP contribution in [0.3, 0.4) is 0 Å². The Morgan fingerprint density at radius 1 is 1.25 bits per heavy atom. The highest BCUT2D eigenvalue weighted by Crippen LogP contribution is 2.33. The number of furan rings is 1. The Hall–Kier alpha value is -1.56. The molecule has 6 heteroatoms. The summed E-state index contributed by atoms with van der Waals surface area (Å²) in [4.78, 5) is 0.583. The van der Waals surface area contributed by atoms with Crippen molar-refractivity contribution < 1.29 is 17.6 Å². The van der Waals surface area contributed by atoms with Crippen molar-refractivity contribution in [2.45, 2.75) is 24.0 Å². The van der Waals surface area contributed by atoms with Gasteiger partial charge >= 0.3 is 6.18 Å². The van der Waals surface area contributed by atoms with Gasteiger partial charge in [0.25, 0.3) is 0 Å². The molecule has 108 valence electrons. The van der Waals surface area contributed by atoms with Gasteiger partial charge in [0.05, 0.1) is 24.3 Å². The van der Waals surface area contributed by atoms with Crippen molar-refractivity contribution in [1.82, 2.24) is 0 Å². The average molecular weight is 301 g/mol. The second kappa shape index (κ2) is 6.26. The summed E-state index contributed by atoms with van der Waals surface area (Å²) >= 11 is 0.782. The highest BCUT2D eigenvalue weighted by Gasteiger charge is 2.27. The molecule has 2 rings (SSSR count). The second-order valence-electron chi connectivity index (χ2n) is 4.32. The first-order valence-corrected chi connectivity index (χ1v) is 7.01. The van der Waals surface area contributed by atoms with Crippen LogP contribution in [0, 0.1) is 0 Å². The Morgan fingerprint density at radius 2 is 2.00 bits per heavy atom. The number of rotatable bonds is 5. The van der Waals surface area contributed by atoms with Crippen LogP contribution in [0.5, 0.6) is 0 Å². The van der Waals surface area contributed by atoms with E-state index in [1.54, 1.807) is 36.8 Å². The van der Waals surface area contributed by atoms with Gasteiger partial charge in [0.1, 0.15) is 0 Å². The van der Waals surface area contributed by atoms with E-state index < -0.39 is 11.9 Å². The Morgan fingerprint density at radius 3 is 2.65 bits per heavy atom. The van der Waals surface area contributed by atoms with Gasteiger partial charge in [-0.1, -0.05) is 12.1 Å². The molecule has 0 fully saturated rings. The number of alkyl halides is 3. The normalized spacial score (nSPS) is 13.2. The van der Waals surface area contributed by atoms with Gasteiger partial charge in [-0.3, -0.25) is 0 Å². The number of benzene rings is 1. The first kappa shape index (κ1) is 14.8. The summed E-state index contributed by atoms with van der Waals surface area (Å²) in [6.45, 7) is 1.93. The van der Waals surface area contributed by atoms with E-state index in [1.165, 1.54) is 0 Å². The van der Waals surface area contributed by atoms with Crippen molar-refractivity contribution in [3.8, 4) is 0 Å². The second-order valence-corrected chi connectivity index (χ2v) is 5.34. The van der Waals surface area contributed by atoms with Gasteiger partial charge in [-0.15, -0.1) is 11.8 Å². The summed E-state index contributed by atoms with van der Waals surface area (Å²) in [5.41, 5.74) is 1.64. The Bertz CT molecular complexity index is 540. The SMILES string of the molecule is CC(Nc1ccccc1SCC(F)(F)F)c1ccoc1. The molecule has 0 spiro atoms. The first-order valence-electron chi connectivity index (χ1n) is 6.03. The van der Waals surface area contributed by atoms with E-state index in [4.69, 9.17) is 4.42 Å². The van der Waals surface area contributed by atoms with Crippen LogP contribution in [0.4, 0.5) is 18.9 Å². The predicted octanol–water partition coefficient (Wildman–Crippen LogP) is 5.11. The number of para-hydroxylation sites is 1. The Labute approximate surface area is 119 Å². The maximum Gasteiger partial charge on any atom is 0.398 e. The number of halogens is 3. The van der Waals surface area contributed by atoms with Crippen LogP contribution >= 0.6 is 11.8 Å². The number of thioether (sulfide) groups is 1. The standard InChI is InChI=1S/C14H14F3NOS/c1-10(11-6-7-19-8-11)18-12-4-2-3-5-13(12)20-9-14(15,16)17/h2-8,10,18H,9H2,1H3. The molecule has 0 bridgehead atoms. The molecule has 2 nitrogen and oxygen atoms in total. The monoisotopic (exact) mass is 301 g/mol. The number of hydrogen-bond donors (Lipinski definition) is 1. The molecular weight excluding hydrogens is 287 g/mol. The smallest absolute Gasteiger partial charge is 0.398 e. The Balaban J connectivity index is 2.08. The highest BCUT2D eigenvalue weighted by atomic mass is 32.2. The van der Waals surface area contributed by atoms with Crippen LogP contribution < -0.4 is 5.32 Å². The Kier molecular flexibility index (Phi) is 4.65. The minimum absolute atomic E-state index is 0.0404. The van der Waals surface area contributed by atoms with E-state index in [0.717, 1.165) is 17.3 Å². The van der Waals surface area contributed by atoms with Crippen molar-refractivity contribution in [2.24, 2.45) is 0 Å². The van der Waals surface area contributed by atoms with E-state index >= 15 is 0 Å². The van der Waals surface area contributed by atoms with E-state index in [0.29, 0.717) is 10.6 Å². The van der Waals surface area contributed by atoms with Crippen molar-refractivity contribution in [2.75, 3.05) is 11.1 Å². The van der Waals surface area contributed by atoms with Crippen molar-refractivity contribution in [1.29, 1.82) is 0 Å². The lowest BCUT2D eigenvalue weighted by molar-refractivity contribution is -0.105. The summed E-state index contributed by atoms with van der Waals surface area (Å²) in [5, 5.41) is 3.20. The molecule has 1 aromatic carbocycles. The maximum absolute atomic E-state index is 12.3. The highest BCUT2D eigenvalue weighted by molar-refractivity contribution is 7.99. The third-order valence-electron chi connectivity index (χ3n) is 2.69. The molecule has 1 atom stereocenters. The summed E-state index contributed by atoms with van der Waals surface area (Å²) in [7, 11) is 0. The van der Waals surface area contributed by atoms with E-state index in [1.807, 2.05) is 13.0 Å². The van der Waals surface area contributed by atoms with Crippen molar-refractivity contribution >= 4 is 17.4 Å². The zero-order valence-corrected chi connectivity index (χ0v) is 11.6. The van der Waals surface area contributed by atoms with Crippen LogP contribution in [0.2, 0.25) is 0 Å². The molecule has 2 aromatic rings. The van der Waals surface area contributed by atoms with Crippen molar-refractivity contribution in [3.05, 3.63) is 48.4 Å². The topological polar surface area (TPSA) is 25.2 Å². The molecule has 0 saturated carbocycles. The fourth-order valence-electron chi connectivity index (χ4n) is 1.71. The molecule has 20 heavy (non-hydrogen) atoms. The lowest BCUT2D eigenvalue weighted by Crippen LogP contribution is -2.11. The van der Waals surface area contributed by atoms with Gasteiger partial charge < -0.3 is 9.73 Å². The minimum Gasteiger partial charge on any atom is -0.472 e. The molecule has 1 heterocycles. The molecule has 0 amide bonds. The molecular formula is C14H14F3NOS. The number of hydrogen-bond acceptors (Lipinski definition) is 3. The van der Waals surface area contributed by atoms with Crippen molar-refractivity contribution in [3.63, 3.8) is 0 Å². The quantitative estimate of drug-likeness (QED) is 0.777. The van der Waals surface area contributed by atoms with E-state index in [-0.39, 0.29) is 6.04 Å². The largest absolute Gasteiger partial charge is 0.472 e. The van der Waals surface area contributed by atoms with E-state index in [2.05, 4.69) is 5.32 Å². The van der Waals surface area contributed by atoms with Gasteiger partial charge in [0.2, 0.25) is 0 Å². The van der Waals surface area contributed by atoms with Gasteiger partial charge in [0, 0.05) is 16.1 Å². The minimum atomic E-state index is -4.17. The molecule has 1 aromatic heterocycles. The van der Waals surface area contributed by atoms with Crippen LogP contribution in [0.25, 0.3) is 0 Å². The zero-order valence-electron chi connectivity index (χ0n) is 10.8. The molecule has 1 unspecified atom stereocenters. The maximum atomic E-state index is 12.3. The number of anilines is 1. The van der Waals surface area contributed by atoms with Gasteiger partial charge in [0.15, 0.2) is 0 Å². The molecule has 1 N–H and O–H groups in total.